The summed E-state index contributed by atoms with van der Waals surface area (Å²) >= 11 is 0. The molecule has 1 heterocycles. The Balaban J connectivity index is 1.72. The Labute approximate surface area is 199 Å². The van der Waals surface area contributed by atoms with E-state index in [1.165, 1.54) is 7.11 Å². The Morgan fingerprint density at radius 3 is 2.32 bits per heavy atom. The Morgan fingerprint density at radius 2 is 1.71 bits per heavy atom. The van der Waals surface area contributed by atoms with E-state index in [0.29, 0.717) is 39.9 Å². The molecule has 0 saturated heterocycles. The third-order valence-electron chi connectivity index (χ3n) is 6.77. The molecule has 0 amide bonds. The van der Waals surface area contributed by atoms with Gasteiger partial charge >= 0.3 is 0 Å². The summed E-state index contributed by atoms with van der Waals surface area (Å²) < 4.78 is 16.2. The van der Waals surface area contributed by atoms with Crippen LogP contribution in [0.25, 0.3) is 22.3 Å². The van der Waals surface area contributed by atoms with Crippen molar-refractivity contribution >= 4 is 16.6 Å². The van der Waals surface area contributed by atoms with Gasteiger partial charge < -0.3 is 29.6 Å². The van der Waals surface area contributed by atoms with Crippen LogP contribution in [-0.2, 0) is 0 Å². The first-order valence-corrected chi connectivity index (χ1v) is 11.6. The van der Waals surface area contributed by atoms with Crippen molar-refractivity contribution in [3.63, 3.8) is 0 Å². The molecule has 8 nitrogen and oxygen atoms in total. The number of anilines is 1. The highest BCUT2D eigenvalue weighted by Gasteiger charge is 2.31. The monoisotopic (exact) mass is 467 g/mol. The number of benzene rings is 2. The van der Waals surface area contributed by atoms with Crippen molar-refractivity contribution in [2.45, 2.75) is 51.2 Å². The molecule has 0 unspecified atom stereocenters. The lowest BCUT2D eigenvalue weighted by atomic mass is 9.77. The van der Waals surface area contributed by atoms with Gasteiger partial charge in [0, 0.05) is 35.5 Å². The molecule has 182 valence electrons. The van der Waals surface area contributed by atoms with Gasteiger partial charge in [0.1, 0.15) is 28.5 Å². The molecule has 8 heteroatoms. The van der Waals surface area contributed by atoms with Crippen molar-refractivity contribution in [2.24, 2.45) is 5.92 Å². The average molecular weight is 468 g/mol. The van der Waals surface area contributed by atoms with Crippen molar-refractivity contribution in [3.8, 4) is 28.6 Å². The van der Waals surface area contributed by atoms with Gasteiger partial charge in [-0.15, -0.1) is 0 Å². The standard InChI is InChI=1S/C26H33N3O5/c1-26(2,31)15-6-8-16(9-7-15)27-20-12-17(32-3)10-11-19(20)24-28-21-13-18(33-4)14-22(34-5)23(21)25(30)29-24/h10-16,27,31H,6-9H2,1-5H3,(H,28,29,30). The van der Waals surface area contributed by atoms with Crippen LogP contribution >= 0.6 is 0 Å². The first kappa shape index (κ1) is 23.9. The summed E-state index contributed by atoms with van der Waals surface area (Å²) in [5.41, 5.74) is 1.15. The topological polar surface area (TPSA) is 106 Å². The number of ether oxygens (including phenoxy) is 3. The summed E-state index contributed by atoms with van der Waals surface area (Å²) in [6.45, 7) is 3.77. The first-order valence-electron chi connectivity index (χ1n) is 11.6. The molecule has 2 aromatic carbocycles. The number of aromatic nitrogens is 2. The highest BCUT2D eigenvalue weighted by atomic mass is 16.5. The van der Waals surface area contributed by atoms with Crippen LogP contribution in [0.5, 0.6) is 17.2 Å². The average Bonchev–Trinajstić information content (AvgIpc) is 2.82. The molecule has 1 aliphatic carbocycles. The quantitative estimate of drug-likeness (QED) is 0.474. The zero-order valence-corrected chi connectivity index (χ0v) is 20.4. The minimum Gasteiger partial charge on any atom is -0.497 e. The van der Waals surface area contributed by atoms with Crippen molar-refractivity contribution < 1.29 is 19.3 Å². The number of aliphatic hydroxyl groups is 1. The Morgan fingerprint density at radius 1 is 1.00 bits per heavy atom. The smallest absolute Gasteiger partial charge is 0.262 e. The minimum absolute atomic E-state index is 0.247. The molecule has 1 aliphatic rings. The van der Waals surface area contributed by atoms with E-state index in [-0.39, 0.29) is 11.6 Å². The highest BCUT2D eigenvalue weighted by Crippen LogP contribution is 2.37. The third kappa shape index (κ3) is 4.82. The largest absolute Gasteiger partial charge is 0.497 e. The maximum atomic E-state index is 13.0. The van der Waals surface area contributed by atoms with Gasteiger partial charge in [-0.3, -0.25) is 4.79 Å². The Hall–Kier alpha value is -3.26. The summed E-state index contributed by atoms with van der Waals surface area (Å²) in [5.74, 6) is 2.42. The first-order chi connectivity index (χ1) is 16.2. The van der Waals surface area contributed by atoms with E-state index in [1.807, 2.05) is 32.0 Å². The summed E-state index contributed by atoms with van der Waals surface area (Å²) in [5, 5.41) is 14.4. The van der Waals surface area contributed by atoms with Crippen LogP contribution in [0, 0.1) is 5.92 Å². The SMILES string of the molecule is COc1ccc(-c2nc3cc(OC)cc(OC)c3c(=O)[nH]2)c(NC2CCC(C(C)(C)O)CC2)c1. The third-order valence-corrected chi connectivity index (χ3v) is 6.77. The molecule has 34 heavy (non-hydrogen) atoms. The van der Waals surface area contributed by atoms with Gasteiger partial charge in [-0.05, 0) is 57.6 Å². The molecule has 4 rings (SSSR count). The van der Waals surface area contributed by atoms with Crippen LogP contribution in [0.1, 0.15) is 39.5 Å². The highest BCUT2D eigenvalue weighted by molar-refractivity contribution is 5.88. The lowest BCUT2D eigenvalue weighted by molar-refractivity contribution is -0.000390. The van der Waals surface area contributed by atoms with E-state index < -0.39 is 5.60 Å². The van der Waals surface area contributed by atoms with Crippen LogP contribution < -0.4 is 25.1 Å². The molecule has 0 spiro atoms. The summed E-state index contributed by atoms with van der Waals surface area (Å²) in [6.07, 6.45) is 3.79. The summed E-state index contributed by atoms with van der Waals surface area (Å²) in [7, 11) is 4.70. The van der Waals surface area contributed by atoms with E-state index in [0.717, 1.165) is 36.9 Å². The molecule has 0 aliphatic heterocycles. The van der Waals surface area contributed by atoms with Gasteiger partial charge in [-0.2, -0.15) is 0 Å². The van der Waals surface area contributed by atoms with Gasteiger partial charge in [0.05, 0.1) is 32.4 Å². The van der Waals surface area contributed by atoms with Crippen LogP contribution in [0.4, 0.5) is 5.69 Å². The van der Waals surface area contributed by atoms with Crippen molar-refractivity contribution in [1.29, 1.82) is 0 Å². The fourth-order valence-corrected chi connectivity index (χ4v) is 4.76. The minimum atomic E-state index is -0.664. The normalized spacial score (nSPS) is 18.5. The molecule has 0 radical (unpaired) electrons. The van der Waals surface area contributed by atoms with E-state index in [4.69, 9.17) is 19.2 Å². The van der Waals surface area contributed by atoms with Crippen molar-refractivity contribution in [3.05, 3.63) is 40.7 Å². The van der Waals surface area contributed by atoms with Crippen molar-refractivity contribution in [2.75, 3.05) is 26.6 Å². The van der Waals surface area contributed by atoms with E-state index >= 15 is 0 Å². The van der Waals surface area contributed by atoms with Crippen LogP contribution in [0.3, 0.4) is 0 Å². The van der Waals surface area contributed by atoms with Gasteiger partial charge in [0.2, 0.25) is 0 Å². The molecule has 0 bridgehead atoms. The molecule has 3 aromatic rings. The van der Waals surface area contributed by atoms with Crippen LogP contribution in [-0.4, -0.2) is 48.0 Å². The molecule has 1 fully saturated rings. The predicted octanol–water partition coefficient (Wildman–Crippen LogP) is 4.36. The number of aromatic amines is 1. The number of H-pyrrole nitrogens is 1. The number of nitrogens with zero attached hydrogens (tertiary/aromatic N) is 1. The molecule has 0 atom stereocenters. The Kier molecular flexibility index (Phi) is 6.70. The zero-order chi connectivity index (χ0) is 24.5. The lowest BCUT2D eigenvalue weighted by Crippen LogP contribution is -2.37. The number of hydrogen-bond acceptors (Lipinski definition) is 7. The number of methoxy groups -OCH3 is 3. The fraction of sp³-hybridized carbons (Fsp3) is 0.462. The van der Waals surface area contributed by atoms with Gasteiger partial charge in [-0.1, -0.05) is 0 Å². The van der Waals surface area contributed by atoms with Gasteiger partial charge in [0.15, 0.2) is 0 Å². The number of hydrogen-bond donors (Lipinski definition) is 3. The van der Waals surface area contributed by atoms with Crippen molar-refractivity contribution in [1.82, 2.24) is 9.97 Å². The van der Waals surface area contributed by atoms with Gasteiger partial charge in [0.25, 0.3) is 5.56 Å². The van der Waals surface area contributed by atoms with E-state index in [1.54, 1.807) is 26.4 Å². The summed E-state index contributed by atoms with van der Waals surface area (Å²) in [4.78, 5) is 20.7. The second-order valence-corrected chi connectivity index (χ2v) is 9.40. The van der Waals surface area contributed by atoms with E-state index in [9.17, 15) is 9.90 Å². The summed E-state index contributed by atoms with van der Waals surface area (Å²) in [6, 6.07) is 9.31. The molecular formula is C26H33N3O5. The maximum absolute atomic E-state index is 13.0. The predicted molar refractivity (Wildman–Crippen MR) is 133 cm³/mol. The fourth-order valence-electron chi connectivity index (χ4n) is 4.76. The molecule has 1 saturated carbocycles. The molecular weight excluding hydrogens is 434 g/mol. The second-order valence-electron chi connectivity index (χ2n) is 9.40. The van der Waals surface area contributed by atoms with Gasteiger partial charge in [-0.25, -0.2) is 4.98 Å². The zero-order valence-electron chi connectivity index (χ0n) is 20.4. The number of fused-ring (bicyclic) bond motifs is 1. The maximum Gasteiger partial charge on any atom is 0.262 e. The second kappa shape index (κ2) is 9.54. The molecule has 1 aromatic heterocycles. The molecule has 3 N–H and O–H groups in total. The Bertz CT molecular complexity index is 1220. The lowest BCUT2D eigenvalue weighted by Gasteiger charge is -2.36. The number of nitrogens with one attached hydrogen (secondary N) is 2. The number of rotatable bonds is 7. The van der Waals surface area contributed by atoms with Crippen LogP contribution in [0.15, 0.2) is 35.1 Å². The van der Waals surface area contributed by atoms with Crippen LogP contribution in [0.2, 0.25) is 0 Å². The van der Waals surface area contributed by atoms with E-state index in [2.05, 4.69) is 10.3 Å².